The van der Waals surface area contributed by atoms with E-state index in [0.717, 1.165) is 31.9 Å². The van der Waals surface area contributed by atoms with Crippen molar-refractivity contribution in [1.82, 2.24) is 20.2 Å². The van der Waals surface area contributed by atoms with Gasteiger partial charge in [-0.1, -0.05) is 0 Å². The Labute approximate surface area is 172 Å². The Kier molecular flexibility index (Phi) is 6.04. The number of aliphatic hydroxyl groups is 1. The molecule has 2 heterocycles. The van der Waals surface area contributed by atoms with Crippen molar-refractivity contribution < 1.29 is 9.90 Å². The highest BCUT2D eigenvalue weighted by Gasteiger charge is 2.26. The van der Waals surface area contributed by atoms with Crippen molar-refractivity contribution in [1.29, 1.82) is 0 Å². The first kappa shape index (κ1) is 21.0. The van der Waals surface area contributed by atoms with E-state index in [4.69, 9.17) is 0 Å². The highest BCUT2D eigenvalue weighted by molar-refractivity contribution is 5.97. The molecule has 1 aliphatic heterocycles. The van der Waals surface area contributed by atoms with Gasteiger partial charge in [-0.05, 0) is 52.1 Å². The van der Waals surface area contributed by atoms with Crippen molar-refractivity contribution in [2.75, 3.05) is 50.5 Å². The summed E-state index contributed by atoms with van der Waals surface area (Å²) in [7, 11) is 3.68. The van der Waals surface area contributed by atoms with Gasteiger partial charge in [-0.15, -0.1) is 0 Å². The van der Waals surface area contributed by atoms with E-state index in [-0.39, 0.29) is 11.6 Å². The van der Waals surface area contributed by atoms with Crippen LogP contribution in [0.25, 0.3) is 0 Å². The number of nitrogens with one attached hydrogen (secondary N) is 2. The molecule has 0 unspecified atom stereocenters. The van der Waals surface area contributed by atoms with Crippen molar-refractivity contribution in [3.8, 4) is 0 Å². The van der Waals surface area contributed by atoms with Crippen LogP contribution >= 0.6 is 0 Å². The van der Waals surface area contributed by atoms with Crippen molar-refractivity contribution in [2.24, 2.45) is 0 Å². The van der Waals surface area contributed by atoms with Gasteiger partial charge in [0.1, 0.15) is 5.60 Å². The molecule has 29 heavy (non-hydrogen) atoms. The zero-order valence-corrected chi connectivity index (χ0v) is 17.8. The number of benzene rings is 1. The summed E-state index contributed by atoms with van der Waals surface area (Å²) < 4.78 is 0. The third-order valence-corrected chi connectivity index (χ3v) is 5.09. The van der Waals surface area contributed by atoms with Gasteiger partial charge in [0, 0.05) is 44.6 Å². The summed E-state index contributed by atoms with van der Waals surface area (Å²) in [5.74, 6) is 0.00162. The Bertz CT molecular complexity index is 868. The van der Waals surface area contributed by atoms with Crippen LogP contribution in [0, 0.1) is 6.92 Å². The Morgan fingerprint density at radius 3 is 2.28 bits per heavy atom. The maximum absolute atomic E-state index is 12.4. The van der Waals surface area contributed by atoms with Gasteiger partial charge in [-0.25, -0.2) is 9.97 Å². The maximum Gasteiger partial charge on any atom is 0.273 e. The molecule has 3 rings (SSSR count). The van der Waals surface area contributed by atoms with Crippen molar-refractivity contribution in [3.05, 3.63) is 41.3 Å². The number of amides is 1. The Morgan fingerprint density at radius 2 is 1.72 bits per heavy atom. The number of hydrogen-bond donors (Lipinski definition) is 3. The molecule has 8 heteroatoms. The van der Waals surface area contributed by atoms with Gasteiger partial charge in [-0.3, -0.25) is 4.79 Å². The standard InChI is InChI=1S/C21H30N6O2/c1-14-18(21(2,3)29)25-17(20(28)22-4)19(23-14)24-15-6-8-16(9-7-15)27-12-10-26(5)11-13-27/h6-9,29H,10-13H2,1-5H3,(H,22,28)(H,23,24). The van der Waals surface area contributed by atoms with E-state index in [0.29, 0.717) is 17.2 Å². The van der Waals surface area contributed by atoms with Crippen LogP contribution in [0.4, 0.5) is 17.2 Å². The normalized spacial score (nSPS) is 15.3. The third kappa shape index (κ3) is 4.83. The fraction of sp³-hybridized carbons (Fsp3) is 0.476. The maximum atomic E-state index is 12.4. The van der Waals surface area contributed by atoms with E-state index in [1.54, 1.807) is 27.8 Å². The second-order valence-corrected chi connectivity index (χ2v) is 7.96. The van der Waals surface area contributed by atoms with Crippen LogP contribution in [0.3, 0.4) is 0 Å². The van der Waals surface area contributed by atoms with Crippen molar-refractivity contribution >= 4 is 23.1 Å². The predicted octanol–water partition coefficient (Wildman–Crippen LogP) is 1.87. The van der Waals surface area contributed by atoms with E-state index >= 15 is 0 Å². The molecule has 1 saturated heterocycles. The zero-order valence-electron chi connectivity index (χ0n) is 17.8. The van der Waals surface area contributed by atoms with Crippen LogP contribution in [-0.4, -0.2) is 66.2 Å². The number of hydrogen-bond acceptors (Lipinski definition) is 7. The quantitative estimate of drug-likeness (QED) is 0.708. The number of piperazine rings is 1. The first-order valence-corrected chi connectivity index (χ1v) is 9.83. The smallest absolute Gasteiger partial charge is 0.273 e. The molecule has 1 aliphatic rings. The van der Waals surface area contributed by atoms with Crippen LogP contribution in [0.5, 0.6) is 0 Å². The van der Waals surface area contributed by atoms with E-state index in [2.05, 4.69) is 49.6 Å². The van der Waals surface area contributed by atoms with Gasteiger partial charge in [0.15, 0.2) is 11.5 Å². The highest BCUT2D eigenvalue weighted by atomic mass is 16.3. The molecule has 1 fully saturated rings. The van der Waals surface area contributed by atoms with Crippen LogP contribution < -0.4 is 15.5 Å². The fourth-order valence-corrected chi connectivity index (χ4v) is 3.42. The van der Waals surface area contributed by atoms with E-state index < -0.39 is 5.60 Å². The van der Waals surface area contributed by atoms with Gasteiger partial charge in [0.25, 0.3) is 5.91 Å². The van der Waals surface area contributed by atoms with E-state index in [9.17, 15) is 9.90 Å². The minimum atomic E-state index is -1.19. The highest BCUT2D eigenvalue weighted by Crippen LogP contribution is 2.26. The molecule has 2 aromatic rings. The number of nitrogens with zero attached hydrogens (tertiary/aromatic N) is 4. The SMILES string of the molecule is CNC(=O)c1nc(C(C)(C)O)c(C)nc1Nc1ccc(N2CCN(C)CC2)cc1. The largest absolute Gasteiger partial charge is 0.384 e. The molecule has 0 atom stereocenters. The first-order chi connectivity index (χ1) is 13.7. The lowest BCUT2D eigenvalue weighted by Crippen LogP contribution is -2.44. The number of carbonyl (C=O) groups is 1. The zero-order chi connectivity index (χ0) is 21.2. The molecule has 0 bridgehead atoms. The minimum Gasteiger partial charge on any atom is -0.384 e. The van der Waals surface area contributed by atoms with Gasteiger partial charge in [0.05, 0.1) is 11.4 Å². The Hall–Kier alpha value is -2.71. The number of likely N-dealkylation sites (N-methyl/N-ethyl adjacent to an activating group) is 1. The number of carbonyl (C=O) groups excluding carboxylic acids is 1. The molecule has 0 saturated carbocycles. The summed E-state index contributed by atoms with van der Waals surface area (Å²) in [6.45, 7) is 9.15. The lowest BCUT2D eigenvalue weighted by atomic mass is 10.0. The molecule has 1 aromatic heterocycles. The third-order valence-electron chi connectivity index (χ3n) is 5.09. The van der Waals surface area contributed by atoms with E-state index in [1.807, 2.05) is 12.1 Å². The van der Waals surface area contributed by atoms with E-state index in [1.165, 1.54) is 5.69 Å². The average Bonchev–Trinajstić information content (AvgIpc) is 2.68. The molecule has 0 spiro atoms. The van der Waals surface area contributed by atoms with Crippen molar-refractivity contribution in [3.63, 3.8) is 0 Å². The second kappa shape index (κ2) is 8.34. The molecule has 3 N–H and O–H groups in total. The minimum absolute atomic E-state index is 0.151. The van der Waals surface area contributed by atoms with Crippen LogP contribution in [0.1, 0.15) is 35.7 Å². The number of rotatable bonds is 5. The van der Waals surface area contributed by atoms with Crippen molar-refractivity contribution in [2.45, 2.75) is 26.4 Å². The molecular weight excluding hydrogens is 368 g/mol. The number of anilines is 3. The van der Waals surface area contributed by atoms with Crippen LogP contribution in [0.15, 0.2) is 24.3 Å². The number of aryl methyl sites for hydroxylation is 1. The molecule has 8 nitrogen and oxygen atoms in total. The lowest BCUT2D eigenvalue weighted by molar-refractivity contribution is 0.0722. The average molecular weight is 399 g/mol. The van der Waals surface area contributed by atoms with Crippen LogP contribution in [-0.2, 0) is 5.60 Å². The molecular formula is C21H30N6O2. The molecule has 0 radical (unpaired) electrons. The topological polar surface area (TPSA) is 93.6 Å². The number of aromatic nitrogens is 2. The van der Waals surface area contributed by atoms with Gasteiger partial charge < -0.3 is 25.5 Å². The Balaban J connectivity index is 1.85. The summed E-state index contributed by atoms with van der Waals surface area (Å²) in [6, 6.07) is 8.09. The summed E-state index contributed by atoms with van der Waals surface area (Å²) in [5, 5.41) is 16.1. The summed E-state index contributed by atoms with van der Waals surface area (Å²) >= 11 is 0. The first-order valence-electron chi connectivity index (χ1n) is 9.83. The predicted molar refractivity (Wildman–Crippen MR) is 115 cm³/mol. The Morgan fingerprint density at radius 1 is 1.10 bits per heavy atom. The monoisotopic (exact) mass is 398 g/mol. The molecule has 1 amide bonds. The summed E-state index contributed by atoms with van der Waals surface area (Å²) in [4.78, 5) is 26.0. The van der Waals surface area contributed by atoms with Gasteiger partial charge in [0.2, 0.25) is 0 Å². The summed E-state index contributed by atoms with van der Waals surface area (Å²) in [6.07, 6.45) is 0. The molecule has 1 aromatic carbocycles. The second-order valence-electron chi connectivity index (χ2n) is 7.96. The molecule has 156 valence electrons. The van der Waals surface area contributed by atoms with Gasteiger partial charge >= 0.3 is 0 Å². The molecule has 0 aliphatic carbocycles. The van der Waals surface area contributed by atoms with Gasteiger partial charge in [-0.2, -0.15) is 0 Å². The summed E-state index contributed by atoms with van der Waals surface area (Å²) in [5.41, 5.74) is 1.91. The van der Waals surface area contributed by atoms with Crippen LogP contribution in [0.2, 0.25) is 0 Å². The fourth-order valence-electron chi connectivity index (χ4n) is 3.42. The lowest BCUT2D eigenvalue weighted by Gasteiger charge is -2.34.